The molecule has 1 saturated heterocycles. The summed E-state index contributed by atoms with van der Waals surface area (Å²) in [5, 5.41) is 5.72. The van der Waals surface area contributed by atoms with E-state index >= 15 is 0 Å². The van der Waals surface area contributed by atoms with Crippen LogP contribution < -0.4 is 16.4 Å². The van der Waals surface area contributed by atoms with Gasteiger partial charge in [0.15, 0.2) is 0 Å². The molecule has 1 aliphatic heterocycles. The molecular weight excluding hydrogens is 206 g/mol. The standard InChI is InChI=1S/C11H21N3O2/c1-2-3-5-13-11(15)14-9-8(12)7-4-6-16-10(7)9/h7-10H,2-6,12H2,1H3,(H2,13,14,15). The van der Waals surface area contributed by atoms with Crippen LogP contribution in [0.15, 0.2) is 0 Å². The molecule has 2 rings (SSSR count). The summed E-state index contributed by atoms with van der Waals surface area (Å²) in [6, 6.07) is -0.0681. The van der Waals surface area contributed by atoms with Gasteiger partial charge in [0.25, 0.3) is 0 Å². The average molecular weight is 227 g/mol. The first-order chi connectivity index (χ1) is 7.74. The number of amides is 2. The summed E-state index contributed by atoms with van der Waals surface area (Å²) in [5.41, 5.74) is 5.99. The van der Waals surface area contributed by atoms with Gasteiger partial charge in [-0.05, 0) is 12.8 Å². The van der Waals surface area contributed by atoms with Crippen molar-refractivity contribution < 1.29 is 9.53 Å². The highest BCUT2D eigenvalue weighted by molar-refractivity contribution is 5.74. The van der Waals surface area contributed by atoms with E-state index in [0.717, 1.165) is 32.4 Å². The van der Waals surface area contributed by atoms with E-state index in [4.69, 9.17) is 10.5 Å². The minimum absolute atomic E-state index is 0.00544. The first-order valence-electron chi connectivity index (χ1n) is 6.15. The summed E-state index contributed by atoms with van der Waals surface area (Å²) in [4.78, 5) is 11.5. The Labute approximate surface area is 96.1 Å². The lowest BCUT2D eigenvalue weighted by molar-refractivity contribution is -0.0134. The van der Waals surface area contributed by atoms with Crippen molar-refractivity contribution in [2.24, 2.45) is 11.7 Å². The van der Waals surface area contributed by atoms with Crippen LogP contribution >= 0.6 is 0 Å². The van der Waals surface area contributed by atoms with Crippen LogP contribution in [-0.4, -0.2) is 37.4 Å². The molecule has 92 valence electrons. The summed E-state index contributed by atoms with van der Waals surface area (Å²) in [7, 11) is 0. The first kappa shape index (κ1) is 11.7. The van der Waals surface area contributed by atoms with Gasteiger partial charge in [-0.2, -0.15) is 0 Å². The molecule has 1 heterocycles. The molecule has 4 unspecified atom stereocenters. The molecular formula is C11H21N3O2. The van der Waals surface area contributed by atoms with Gasteiger partial charge in [-0.25, -0.2) is 4.79 Å². The van der Waals surface area contributed by atoms with Crippen molar-refractivity contribution in [1.29, 1.82) is 0 Å². The van der Waals surface area contributed by atoms with Crippen molar-refractivity contribution >= 4 is 6.03 Å². The number of fused-ring (bicyclic) bond motifs is 1. The van der Waals surface area contributed by atoms with Gasteiger partial charge in [0.2, 0.25) is 0 Å². The Morgan fingerprint density at radius 3 is 3.12 bits per heavy atom. The van der Waals surface area contributed by atoms with Gasteiger partial charge in [-0.1, -0.05) is 13.3 Å². The van der Waals surface area contributed by atoms with Crippen molar-refractivity contribution in [1.82, 2.24) is 10.6 Å². The smallest absolute Gasteiger partial charge is 0.315 e. The molecule has 4 atom stereocenters. The van der Waals surface area contributed by atoms with Crippen molar-refractivity contribution in [3.05, 3.63) is 0 Å². The molecule has 0 aromatic carbocycles. The van der Waals surface area contributed by atoms with Crippen LogP contribution in [0, 0.1) is 5.92 Å². The molecule has 5 nitrogen and oxygen atoms in total. The maximum atomic E-state index is 11.5. The zero-order valence-electron chi connectivity index (χ0n) is 9.74. The zero-order chi connectivity index (χ0) is 11.5. The van der Waals surface area contributed by atoms with E-state index < -0.39 is 0 Å². The molecule has 16 heavy (non-hydrogen) atoms. The second-order valence-corrected chi connectivity index (χ2v) is 4.64. The van der Waals surface area contributed by atoms with E-state index in [1.165, 1.54) is 0 Å². The zero-order valence-corrected chi connectivity index (χ0v) is 9.74. The van der Waals surface area contributed by atoms with E-state index in [9.17, 15) is 4.79 Å². The normalized spacial score (nSPS) is 36.4. The molecule has 0 bridgehead atoms. The Kier molecular flexibility index (Phi) is 3.66. The maximum absolute atomic E-state index is 11.5. The SMILES string of the molecule is CCCCNC(=O)NC1C(N)C2CCOC21. The number of carbonyl (C=O) groups excluding carboxylic acids is 1. The lowest BCUT2D eigenvalue weighted by Gasteiger charge is -2.45. The highest BCUT2D eigenvalue weighted by Gasteiger charge is 2.52. The number of hydrogen-bond donors (Lipinski definition) is 3. The fraction of sp³-hybridized carbons (Fsp3) is 0.909. The highest BCUT2D eigenvalue weighted by atomic mass is 16.5. The van der Waals surface area contributed by atoms with Crippen LogP contribution in [0.5, 0.6) is 0 Å². The van der Waals surface area contributed by atoms with Crippen molar-refractivity contribution in [3.63, 3.8) is 0 Å². The molecule has 2 fully saturated rings. The highest BCUT2D eigenvalue weighted by Crippen LogP contribution is 2.37. The monoisotopic (exact) mass is 227 g/mol. The molecule has 2 amide bonds. The van der Waals surface area contributed by atoms with Crippen LogP contribution in [-0.2, 0) is 4.74 Å². The lowest BCUT2D eigenvalue weighted by atomic mass is 9.72. The fourth-order valence-electron chi connectivity index (χ4n) is 2.51. The average Bonchev–Trinajstić information content (AvgIpc) is 2.71. The molecule has 5 heteroatoms. The summed E-state index contributed by atoms with van der Waals surface area (Å²) >= 11 is 0. The quantitative estimate of drug-likeness (QED) is 0.600. The predicted octanol–water partition coefficient (Wildman–Crippen LogP) is 0.200. The number of carbonyl (C=O) groups is 1. The summed E-state index contributed by atoms with van der Waals surface area (Å²) in [6.07, 6.45) is 3.26. The largest absolute Gasteiger partial charge is 0.376 e. The van der Waals surface area contributed by atoms with E-state index in [1.54, 1.807) is 0 Å². The van der Waals surface area contributed by atoms with Crippen molar-refractivity contribution in [3.8, 4) is 0 Å². The Bertz CT molecular complexity index is 260. The third-order valence-electron chi connectivity index (χ3n) is 3.56. The Morgan fingerprint density at radius 2 is 2.38 bits per heavy atom. The topological polar surface area (TPSA) is 76.4 Å². The summed E-state index contributed by atoms with van der Waals surface area (Å²) in [5.74, 6) is 0.445. The van der Waals surface area contributed by atoms with E-state index in [2.05, 4.69) is 17.6 Å². The Morgan fingerprint density at radius 1 is 1.56 bits per heavy atom. The van der Waals surface area contributed by atoms with Crippen LogP contribution in [0.1, 0.15) is 26.2 Å². The number of rotatable bonds is 4. The predicted molar refractivity (Wildman–Crippen MR) is 61.1 cm³/mol. The minimum atomic E-state index is -0.122. The van der Waals surface area contributed by atoms with Crippen molar-refractivity contribution in [2.45, 2.75) is 44.4 Å². The van der Waals surface area contributed by atoms with Crippen LogP contribution in [0.3, 0.4) is 0 Å². The second-order valence-electron chi connectivity index (χ2n) is 4.64. The molecule has 0 radical (unpaired) electrons. The molecule has 0 spiro atoms. The first-order valence-corrected chi connectivity index (χ1v) is 6.15. The number of nitrogens with two attached hydrogens (primary N) is 1. The molecule has 0 aromatic heterocycles. The summed E-state index contributed by atoms with van der Waals surface area (Å²) in [6.45, 7) is 3.59. The molecule has 1 aliphatic carbocycles. The van der Waals surface area contributed by atoms with E-state index in [-0.39, 0.29) is 24.2 Å². The third-order valence-corrected chi connectivity index (χ3v) is 3.56. The fourth-order valence-corrected chi connectivity index (χ4v) is 2.51. The summed E-state index contributed by atoms with van der Waals surface area (Å²) < 4.78 is 5.54. The van der Waals surface area contributed by atoms with Gasteiger partial charge in [-0.15, -0.1) is 0 Å². The number of urea groups is 1. The number of unbranched alkanes of at least 4 members (excludes halogenated alkanes) is 1. The van der Waals surface area contributed by atoms with Gasteiger partial charge >= 0.3 is 6.03 Å². The van der Waals surface area contributed by atoms with Gasteiger partial charge in [0.1, 0.15) is 0 Å². The molecule has 1 saturated carbocycles. The lowest BCUT2D eigenvalue weighted by Crippen LogP contribution is -2.69. The van der Waals surface area contributed by atoms with Crippen LogP contribution in [0.2, 0.25) is 0 Å². The van der Waals surface area contributed by atoms with Gasteiger partial charge in [0.05, 0.1) is 12.1 Å². The maximum Gasteiger partial charge on any atom is 0.315 e. The van der Waals surface area contributed by atoms with Crippen LogP contribution in [0.4, 0.5) is 4.79 Å². The third kappa shape index (κ3) is 2.15. The van der Waals surface area contributed by atoms with Crippen LogP contribution in [0.25, 0.3) is 0 Å². The Hall–Kier alpha value is -0.810. The van der Waals surface area contributed by atoms with Gasteiger partial charge < -0.3 is 21.1 Å². The van der Waals surface area contributed by atoms with Gasteiger partial charge in [-0.3, -0.25) is 0 Å². The molecule has 4 N–H and O–H groups in total. The van der Waals surface area contributed by atoms with E-state index in [1.807, 2.05) is 0 Å². The number of nitrogens with one attached hydrogen (secondary N) is 2. The Balaban J connectivity index is 1.71. The van der Waals surface area contributed by atoms with E-state index in [0.29, 0.717) is 5.92 Å². The molecule has 0 aromatic rings. The second kappa shape index (κ2) is 5.01. The minimum Gasteiger partial charge on any atom is -0.376 e. The van der Waals surface area contributed by atoms with Crippen molar-refractivity contribution in [2.75, 3.05) is 13.2 Å². The number of hydrogen-bond acceptors (Lipinski definition) is 3. The number of ether oxygens (including phenoxy) is 1. The van der Waals surface area contributed by atoms with Gasteiger partial charge in [0, 0.05) is 25.1 Å². The molecule has 2 aliphatic rings.